The molecular weight excluding hydrogens is 448 g/mol. The van der Waals surface area contributed by atoms with Crippen LogP contribution in [0.1, 0.15) is 22.3 Å². The van der Waals surface area contributed by atoms with E-state index in [0.717, 1.165) is 16.7 Å². The van der Waals surface area contributed by atoms with Crippen molar-refractivity contribution >= 4 is 0 Å². The Hall–Kier alpha value is -3.28. The summed E-state index contributed by atoms with van der Waals surface area (Å²) in [6.07, 6.45) is 0. The van der Waals surface area contributed by atoms with Crippen LogP contribution in [0.5, 0.6) is 0 Å². The molecule has 0 saturated heterocycles. The predicted octanol–water partition coefficient (Wildman–Crippen LogP) is 6.25. The van der Waals surface area contributed by atoms with Crippen molar-refractivity contribution < 1.29 is 18.9 Å². The zero-order valence-electron chi connectivity index (χ0n) is 20.6. The van der Waals surface area contributed by atoms with E-state index in [1.165, 1.54) is 5.56 Å². The summed E-state index contributed by atoms with van der Waals surface area (Å²) >= 11 is 0. The Labute approximate surface area is 214 Å². The Balaban J connectivity index is 1.27. The fraction of sp³-hybridized carbons (Fsp3) is 0.250. The molecule has 0 aliphatic carbocycles. The third-order valence-electron chi connectivity index (χ3n) is 5.94. The van der Waals surface area contributed by atoms with Crippen LogP contribution >= 0.6 is 0 Å². The number of rotatable bonds is 15. The zero-order valence-corrected chi connectivity index (χ0v) is 20.6. The molecule has 4 rings (SSSR count). The highest BCUT2D eigenvalue weighted by molar-refractivity contribution is 5.47. The van der Waals surface area contributed by atoms with Crippen molar-refractivity contribution in [3.63, 3.8) is 0 Å². The Bertz CT molecular complexity index is 1010. The van der Waals surface area contributed by atoms with Crippen LogP contribution in [0.15, 0.2) is 121 Å². The molecule has 0 bridgehead atoms. The normalized spacial score (nSPS) is 11.4. The highest BCUT2D eigenvalue weighted by Gasteiger charge is 2.37. The van der Waals surface area contributed by atoms with Crippen molar-refractivity contribution in [2.75, 3.05) is 39.6 Å². The van der Waals surface area contributed by atoms with Gasteiger partial charge in [0.25, 0.3) is 0 Å². The first-order valence-electron chi connectivity index (χ1n) is 12.5. The van der Waals surface area contributed by atoms with E-state index in [4.69, 9.17) is 18.9 Å². The van der Waals surface area contributed by atoms with Gasteiger partial charge in [-0.3, -0.25) is 0 Å². The Morgan fingerprint density at radius 3 is 1.19 bits per heavy atom. The molecular formula is C32H34O4. The van der Waals surface area contributed by atoms with Crippen LogP contribution < -0.4 is 0 Å². The fourth-order valence-electron chi connectivity index (χ4n) is 4.23. The molecule has 4 aromatic carbocycles. The van der Waals surface area contributed by atoms with Gasteiger partial charge in [0.15, 0.2) is 0 Å². The molecule has 0 aliphatic rings. The van der Waals surface area contributed by atoms with Gasteiger partial charge in [0.1, 0.15) is 5.60 Å². The van der Waals surface area contributed by atoms with E-state index in [1.54, 1.807) is 0 Å². The van der Waals surface area contributed by atoms with Crippen molar-refractivity contribution in [3.05, 3.63) is 144 Å². The molecule has 4 aromatic rings. The summed E-state index contributed by atoms with van der Waals surface area (Å²) in [4.78, 5) is 0. The lowest BCUT2D eigenvalue weighted by molar-refractivity contribution is -0.0373. The van der Waals surface area contributed by atoms with Gasteiger partial charge in [0.2, 0.25) is 0 Å². The topological polar surface area (TPSA) is 36.9 Å². The highest BCUT2D eigenvalue weighted by Crippen LogP contribution is 2.40. The van der Waals surface area contributed by atoms with E-state index in [1.807, 2.05) is 36.4 Å². The molecule has 4 heteroatoms. The van der Waals surface area contributed by atoms with E-state index in [2.05, 4.69) is 84.9 Å². The third kappa shape index (κ3) is 7.12. The molecule has 36 heavy (non-hydrogen) atoms. The number of ether oxygens (including phenoxy) is 4. The van der Waals surface area contributed by atoms with Gasteiger partial charge in [0.05, 0.1) is 46.2 Å². The van der Waals surface area contributed by atoms with Crippen LogP contribution in [-0.4, -0.2) is 39.6 Å². The van der Waals surface area contributed by atoms with Crippen LogP contribution in [0.2, 0.25) is 0 Å². The van der Waals surface area contributed by atoms with Gasteiger partial charge < -0.3 is 18.9 Å². The summed E-state index contributed by atoms with van der Waals surface area (Å²) in [7, 11) is 0. The maximum Gasteiger partial charge on any atom is 0.143 e. The largest absolute Gasteiger partial charge is 0.377 e. The monoisotopic (exact) mass is 482 g/mol. The smallest absolute Gasteiger partial charge is 0.143 e. The molecule has 0 N–H and O–H groups in total. The summed E-state index contributed by atoms with van der Waals surface area (Å²) in [6, 6.07) is 41.3. The van der Waals surface area contributed by atoms with Gasteiger partial charge in [0, 0.05) is 0 Å². The lowest BCUT2D eigenvalue weighted by Crippen LogP contribution is -2.34. The molecule has 186 valence electrons. The second kappa shape index (κ2) is 14.3. The standard InChI is InChI=1S/C32H34O4/c1-5-13-28(14-6-1)27-35-24-23-33-21-22-34-25-26-36-32(29-15-7-2-8-16-29,30-17-9-3-10-18-30)31-19-11-4-12-20-31/h1-20H,21-27H2. The van der Waals surface area contributed by atoms with Crippen LogP contribution in [0, 0.1) is 0 Å². The molecule has 0 atom stereocenters. The van der Waals surface area contributed by atoms with Crippen molar-refractivity contribution in [2.24, 2.45) is 0 Å². The number of benzene rings is 4. The quantitative estimate of drug-likeness (QED) is 0.148. The van der Waals surface area contributed by atoms with Crippen molar-refractivity contribution in [2.45, 2.75) is 12.2 Å². The first-order valence-corrected chi connectivity index (χ1v) is 12.5. The van der Waals surface area contributed by atoms with Crippen molar-refractivity contribution in [3.8, 4) is 0 Å². The van der Waals surface area contributed by atoms with Crippen molar-refractivity contribution in [1.29, 1.82) is 0 Å². The van der Waals surface area contributed by atoms with Gasteiger partial charge in [-0.05, 0) is 22.3 Å². The Morgan fingerprint density at radius 1 is 0.389 bits per heavy atom. The zero-order chi connectivity index (χ0) is 24.7. The van der Waals surface area contributed by atoms with Gasteiger partial charge in [-0.25, -0.2) is 0 Å². The molecule has 4 nitrogen and oxygen atoms in total. The van der Waals surface area contributed by atoms with Gasteiger partial charge >= 0.3 is 0 Å². The average molecular weight is 483 g/mol. The van der Waals surface area contributed by atoms with E-state index in [0.29, 0.717) is 46.2 Å². The highest BCUT2D eigenvalue weighted by atomic mass is 16.6. The van der Waals surface area contributed by atoms with E-state index >= 15 is 0 Å². The summed E-state index contributed by atoms with van der Waals surface area (Å²) in [5, 5.41) is 0. The summed E-state index contributed by atoms with van der Waals surface area (Å²) < 4.78 is 23.8. The lowest BCUT2D eigenvalue weighted by Gasteiger charge is -2.36. The van der Waals surface area contributed by atoms with E-state index < -0.39 is 5.60 Å². The summed E-state index contributed by atoms with van der Waals surface area (Å²) in [5.41, 5.74) is 3.70. The van der Waals surface area contributed by atoms with E-state index in [-0.39, 0.29) is 0 Å². The third-order valence-corrected chi connectivity index (χ3v) is 5.94. The minimum absolute atomic E-state index is 0.443. The maximum atomic E-state index is 6.70. The molecule has 0 saturated carbocycles. The molecule has 0 spiro atoms. The summed E-state index contributed by atoms with van der Waals surface area (Å²) in [6.45, 7) is 3.66. The predicted molar refractivity (Wildman–Crippen MR) is 143 cm³/mol. The fourth-order valence-corrected chi connectivity index (χ4v) is 4.23. The van der Waals surface area contributed by atoms with Crippen LogP contribution in [0.3, 0.4) is 0 Å². The molecule has 0 fully saturated rings. The van der Waals surface area contributed by atoms with Crippen LogP contribution in [-0.2, 0) is 31.2 Å². The average Bonchev–Trinajstić information content (AvgIpc) is 2.96. The molecule has 0 unspecified atom stereocenters. The SMILES string of the molecule is c1ccc(COCCOCCOCCOC(c2ccccc2)(c2ccccc2)c2ccccc2)cc1. The summed E-state index contributed by atoms with van der Waals surface area (Å²) in [5.74, 6) is 0. The van der Waals surface area contributed by atoms with E-state index in [9.17, 15) is 0 Å². The first-order chi connectivity index (χ1) is 17.9. The molecule has 0 amide bonds. The van der Waals surface area contributed by atoms with Gasteiger partial charge in [-0.15, -0.1) is 0 Å². The van der Waals surface area contributed by atoms with Gasteiger partial charge in [-0.1, -0.05) is 121 Å². The molecule has 0 aromatic heterocycles. The Kier molecular flexibility index (Phi) is 10.3. The van der Waals surface area contributed by atoms with Crippen LogP contribution in [0.25, 0.3) is 0 Å². The molecule has 0 aliphatic heterocycles. The minimum Gasteiger partial charge on any atom is -0.377 e. The second-order valence-electron chi connectivity index (χ2n) is 8.39. The Morgan fingerprint density at radius 2 is 0.750 bits per heavy atom. The number of hydrogen-bond acceptors (Lipinski definition) is 4. The number of hydrogen-bond donors (Lipinski definition) is 0. The molecule has 0 radical (unpaired) electrons. The van der Waals surface area contributed by atoms with Gasteiger partial charge in [-0.2, -0.15) is 0 Å². The lowest BCUT2D eigenvalue weighted by atomic mass is 9.80. The minimum atomic E-state index is -0.722. The first kappa shape index (κ1) is 25.8. The van der Waals surface area contributed by atoms with Crippen molar-refractivity contribution in [1.82, 2.24) is 0 Å². The van der Waals surface area contributed by atoms with Crippen LogP contribution in [0.4, 0.5) is 0 Å². The maximum absolute atomic E-state index is 6.70. The molecule has 0 heterocycles. The second-order valence-corrected chi connectivity index (χ2v) is 8.39.